The lowest BCUT2D eigenvalue weighted by atomic mass is 9.67. The summed E-state index contributed by atoms with van der Waals surface area (Å²) < 4.78 is 12.1. The summed E-state index contributed by atoms with van der Waals surface area (Å²) in [6.45, 7) is 20.5. The molecule has 0 saturated heterocycles. The third-order valence-electron chi connectivity index (χ3n) is 7.92. The molecule has 2 amide bonds. The molecule has 1 saturated carbocycles. The number of hydrogen-bond donors (Lipinski definition) is 1. The van der Waals surface area contributed by atoms with E-state index in [1.807, 2.05) is 31.2 Å². The van der Waals surface area contributed by atoms with Crippen molar-refractivity contribution in [1.29, 1.82) is 0 Å². The smallest absolute Gasteiger partial charge is 0.419 e. The standard InChI is InChI=1S/C30H39N5O4/c1-8-38-29(36)34(30(37)39-9-2)17-25-26(31-7)24(16-23-20(5)14-19(4)15-21(23)6)28-32-27(33-35(25)28)22-12-10-18(3)11-13-22/h10-13,19-21,23H,8-9,14-17H2,1-6H3,(H,32,33). The molecule has 39 heavy (non-hydrogen) atoms. The van der Waals surface area contributed by atoms with E-state index in [1.165, 1.54) is 0 Å². The molecule has 1 N–H and O–H groups in total. The first-order valence-electron chi connectivity index (χ1n) is 13.9. The molecule has 4 rings (SSSR count). The van der Waals surface area contributed by atoms with E-state index < -0.39 is 12.2 Å². The van der Waals surface area contributed by atoms with Crippen molar-refractivity contribution in [3.05, 3.63) is 52.5 Å². The van der Waals surface area contributed by atoms with E-state index in [9.17, 15) is 9.59 Å². The lowest BCUT2D eigenvalue weighted by Crippen LogP contribution is -2.37. The molecule has 1 fully saturated rings. The molecule has 9 heteroatoms. The number of rotatable bonds is 7. The second kappa shape index (κ2) is 11.9. The highest BCUT2D eigenvalue weighted by Gasteiger charge is 2.35. The second-order valence-corrected chi connectivity index (χ2v) is 10.9. The van der Waals surface area contributed by atoms with Gasteiger partial charge in [0.05, 0.1) is 32.0 Å². The van der Waals surface area contributed by atoms with Gasteiger partial charge in [-0.05, 0) is 63.7 Å². The quantitative estimate of drug-likeness (QED) is 0.325. The number of benzene rings is 1. The van der Waals surface area contributed by atoms with Gasteiger partial charge in [0.15, 0.2) is 5.82 Å². The molecule has 1 aliphatic carbocycles. The molecule has 0 spiro atoms. The van der Waals surface area contributed by atoms with Crippen molar-refractivity contribution < 1.29 is 19.1 Å². The molecule has 0 radical (unpaired) electrons. The van der Waals surface area contributed by atoms with E-state index in [2.05, 4.69) is 30.7 Å². The van der Waals surface area contributed by atoms with Crippen LogP contribution in [0.15, 0.2) is 24.3 Å². The summed E-state index contributed by atoms with van der Waals surface area (Å²) in [7, 11) is 0. The van der Waals surface area contributed by atoms with Gasteiger partial charge in [0, 0.05) is 11.1 Å². The minimum absolute atomic E-state index is 0.108. The molecular weight excluding hydrogens is 494 g/mol. The fourth-order valence-electron chi connectivity index (χ4n) is 6.10. The van der Waals surface area contributed by atoms with E-state index in [-0.39, 0.29) is 19.8 Å². The average Bonchev–Trinajstić information content (AvgIpc) is 3.42. The van der Waals surface area contributed by atoms with Crippen molar-refractivity contribution in [2.75, 3.05) is 13.2 Å². The molecule has 1 aromatic carbocycles. The Morgan fingerprint density at radius 1 is 1.08 bits per heavy atom. The van der Waals surface area contributed by atoms with Gasteiger partial charge in [-0.3, -0.25) is 9.61 Å². The first-order valence-corrected chi connectivity index (χ1v) is 13.9. The Morgan fingerprint density at radius 2 is 1.67 bits per heavy atom. The van der Waals surface area contributed by atoms with Crippen molar-refractivity contribution in [2.24, 2.45) is 23.7 Å². The lowest BCUT2D eigenvalue weighted by Gasteiger charge is -2.38. The average molecular weight is 534 g/mol. The van der Waals surface area contributed by atoms with Crippen LogP contribution >= 0.6 is 0 Å². The first kappa shape index (κ1) is 28.2. The van der Waals surface area contributed by atoms with E-state index >= 15 is 0 Å². The predicted molar refractivity (Wildman–Crippen MR) is 149 cm³/mol. The van der Waals surface area contributed by atoms with Crippen LogP contribution in [0.2, 0.25) is 0 Å². The molecule has 9 nitrogen and oxygen atoms in total. The number of carbonyl (C=O) groups excluding carboxylic acids is 2. The van der Waals surface area contributed by atoms with Gasteiger partial charge in [-0.1, -0.05) is 50.6 Å². The number of aromatic amines is 1. The zero-order valence-corrected chi connectivity index (χ0v) is 23.8. The topological polar surface area (TPSA) is 93.3 Å². The van der Waals surface area contributed by atoms with Crippen LogP contribution in [0.25, 0.3) is 21.9 Å². The van der Waals surface area contributed by atoms with E-state index in [4.69, 9.17) is 21.0 Å². The van der Waals surface area contributed by atoms with Gasteiger partial charge in [0.2, 0.25) is 5.69 Å². The molecule has 208 valence electrons. The number of fused-ring (bicyclic) bond motifs is 1. The monoisotopic (exact) mass is 533 g/mol. The minimum atomic E-state index is -0.815. The molecule has 2 heterocycles. The largest absolute Gasteiger partial charge is 0.449 e. The Kier molecular flexibility index (Phi) is 8.63. The fourth-order valence-corrected chi connectivity index (χ4v) is 6.10. The van der Waals surface area contributed by atoms with Crippen LogP contribution in [0.4, 0.5) is 15.3 Å². The number of amides is 2. The van der Waals surface area contributed by atoms with Gasteiger partial charge in [-0.25, -0.2) is 24.3 Å². The number of hydrogen-bond acceptors (Lipinski definition) is 5. The summed E-state index contributed by atoms with van der Waals surface area (Å²) in [5.74, 6) is 2.74. The molecule has 3 aromatic rings. The summed E-state index contributed by atoms with van der Waals surface area (Å²) in [5.41, 5.74) is 4.44. The Bertz CT molecular complexity index is 1340. The van der Waals surface area contributed by atoms with Crippen LogP contribution in [0.5, 0.6) is 0 Å². The van der Waals surface area contributed by atoms with Gasteiger partial charge in [0.25, 0.3) is 0 Å². The summed E-state index contributed by atoms with van der Waals surface area (Å²) in [6, 6.07) is 8.04. The number of aromatic nitrogens is 3. The zero-order valence-electron chi connectivity index (χ0n) is 23.8. The van der Waals surface area contributed by atoms with Crippen LogP contribution < -0.4 is 0 Å². The molecule has 2 atom stereocenters. The van der Waals surface area contributed by atoms with E-state index in [1.54, 1.807) is 18.4 Å². The Morgan fingerprint density at radius 3 is 2.21 bits per heavy atom. The highest BCUT2D eigenvalue weighted by Crippen LogP contribution is 2.43. The van der Waals surface area contributed by atoms with Crippen LogP contribution in [0.1, 0.15) is 64.3 Å². The maximum atomic E-state index is 12.8. The maximum Gasteiger partial charge on any atom is 0.419 e. The van der Waals surface area contributed by atoms with Crippen molar-refractivity contribution in [1.82, 2.24) is 19.5 Å². The Labute approximate surface area is 230 Å². The van der Waals surface area contributed by atoms with Crippen LogP contribution in [-0.2, 0) is 22.4 Å². The Balaban J connectivity index is 1.85. The van der Waals surface area contributed by atoms with Crippen LogP contribution in [0, 0.1) is 37.2 Å². The SMILES string of the molecule is [C-]#[N+]c1c(CC2C(C)CC(C)CC2C)c2nc(-c3ccc(C)cc3)[nH]n2c1CN(C(=O)OCC)C(=O)OCC. The number of nitrogens with one attached hydrogen (secondary N) is 1. The van der Waals surface area contributed by atoms with Gasteiger partial charge in [-0.2, -0.15) is 0 Å². The van der Waals surface area contributed by atoms with Crippen molar-refractivity contribution in [3.63, 3.8) is 0 Å². The molecular formula is C30H39N5O4. The highest BCUT2D eigenvalue weighted by molar-refractivity contribution is 5.88. The molecule has 2 aromatic heterocycles. The normalized spacial score (nSPS) is 20.9. The third kappa shape index (κ3) is 5.80. The lowest BCUT2D eigenvalue weighted by molar-refractivity contribution is 0.0785. The molecule has 2 unspecified atom stereocenters. The maximum absolute atomic E-state index is 12.8. The summed E-state index contributed by atoms with van der Waals surface area (Å²) in [4.78, 5) is 35.4. The number of carbonyl (C=O) groups is 2. The number of imide groups is 1. The third-order valence-corrected chi connectivity index (χ3v) is 7.92. The van der Waals surface area contributed by atoms with Crippen molar-refractivity contribution in [3.8, 4) is 11.4 Å². The fraction of sp³-hybridized carbons (Fsp3) is 0.533. The van der Waals surface area contributed by atoms with Gasteiger partial charge >= 0.3 is 12.2 Å². The molecule has 1 aliphatic rings. The van der Waals surface area contributed by atoms with Crippen LogP contribution in [-0.4, -0.2) is 44.9 Å². The minimum Gasteiger partial charge on any atom is -0.449 e. The number of ether oxygens (including phenoxy) is 2. The summed E-state index contributed by atoms with van der Waals surface area (Å²) in [5, 5.41) is 3.34. The van der Waals surface area contributed by atoms with E-state index in [0.717, 1.165) is 34.4 Å². The predicted octanol–water partition coefficient (Wildman–Crippen LogP) is 7.16. The van der Waals surface area contributed by atoms with Crippen molar-refractivity contribution in [2.45, 2.75) is 67.3 Å². The highest BCUT2D eigenvalue weighted by atomic mass is 16.6. The Hall–Kier alpha value is -3.80. The number of nitrogens with zero attached hydrogens (tertiary/aromatic N) is 4. The zero-order chi connectivity index (χ0) is 28.3. The van der Waals surface area contributed by atoms with Gasteiger partial charge in [0.1, 0.15) is 5.65 Å². The summed E-state index contributed by atoms with van der Waals surface area (Å²) >= 11 is 0. The number of H-pyrrole nitrogens is 1. The first-order chi connectivity index (χ1) is 18.7. The van der Waals surface area contributed by atoms with Crippen LogP contribution in [0.3, 0.4) is 0 Å². The second-order valence-electron chi connectivity index (χ2n) is 10.9. The summed E-state index contributed by atoms with van der Waals surface area (Å²) in [6.07, 6.45) is 1.38. The number of aryl methyl sites for hydroxylation is 1. The molecule has 0 bridgehead atoms. The van der Waals surface area contributed by atoms with Gasteiger partial charge in [-0.15, -0.1) is 0 Å². The van der Waals surface area contributed by atoms with Gasteiger partial charge < -0.3 is 9.47 Å². The van der Waals surface area contributed by atoms with E-state index in [0.29, 0.717) is 52.9 Å². The van der Waals surface area contributed by atoms with Crippen molar-refractivity contribution >= 4 is 23.5 Å². The molecule has 0 aliphatic heterocycles.